The number of fused-ring (bicyclic) bond motifs is 1. The zero-order valence-electron chi connectivity index (χ0n) is 11.7. The molecule has 0 N–H and O–H groups in total. The maximum atomic E-state index is 12.3. The van der Waals surface area contributed by atoms with Crippen molar-refractivity contribution in [3.63, 3.8) is 0 Å². The minimum absolute atomic E-state index is 0.185. The van der Waals surface area contributed by atoms with E-state index >= 15 is 0 Å². The molecule has 0 unspecified atom stereocenters. The predicted octanol–water partition coefficient (Wildman–Crippen LogP) is 2.38. The van der Waals surface area contributed by atoms with E-state index in [0.717, 1.165) is 11.3 Å². The summed E-state index contributed by atoms with van der Waals surface area (Å²) >= 11 is 0. The molecule has 1 aromatic carbocycles. The number of ether oxygens (including phenoxy) is 2. The van der Waals surface area contributed by atoms with Crippen LogP contribution in [0.4, 0.5) is 0 Å². The normalized spacial score (nSPS) is 10.6. The van der Waals surface area contributed by atoms with Crippen molar-refractivity contribution >= 4 is 5.65 Å². The summed E-state index contributed by atoms with van der Waals surface area (Å²) in [6.07, 6.45) is 0. The first kappa shape index (κ1) is 13.2. The van der Waals surface area contributed by atoms with Crippen LogP contribution in [-0.2, 0) is 0 Å². The summed E-state index contributed by atoms with van der Waals surface area (Å²) in [5.41, 5.74) is 1.79. The zero-order valence-corrected chi connectivity index (χ0v) is 11.7. The second-order valence-electron chi connectivity index (χ2n) is 4.47. The average molecular weight is 282 g/mol. The second kappa shape index (κ2) is 5.28. The van der Waals surface area contributed by atoms with Gasteiger partial charge in [-0.05, 0) is 24.3 Å². The van der Waals surface area contributed by atoms with Gasteiger partial charge in [0.15, 0.2) is 0 Å². The van der Waals surface area contributed by atoms with Crippen molar-refractivity contribution in [2.24, 2.45) is 0 Å². The van der Waals surface area contributed by atoms with Gasteiger partial charge in [0.05, 0.1) is 19.9 Å². The fraction of sp³-hybridized carbons (Fsp3) is 0.125. The van der Waals surface area contributed by atoms with E-state index in [-0.39, 0.29) is 5.56 Å². The largest absolute Gasteiger partial charge is 0.497 e. The molecule has 0 spiro atoms. The monoisotopic (exact) mass is 282 g/mol. The Morgan fingerprint density at radius 3 is 2.57 bits per heavy atom. The maximum Gasteiger partial charge on any atom is 0.261 e. The first-order valence-corrected chi connectivity index (χ1v) is 6.44. The lowest BCUT2D eigenvalue weighted by Gasteiger charge is -2.08. The Morgan fingerprint density at radius 1 is 1.00 bits per heavy atom. The van der Waals surface area contributed by atoms with Crippen molar-refractivity contribution < 1.29 is 9.47 Å². The first-order valence-electron chi connectivity index (χ1n) is 6.44. The van der Waals surface area contributed by atoms with Gasteiger partial charge in [0.25, 0.3) is 5.56 Å². The first-order chi connectivity index (χ1) is 10.2. The van der Waals surface area contributed by atoms with Gasteiger partial charge >= 0.3 is 0 Å². The molecule has 0 saturated heterocycles. The second-order valence-corrected chi connectivity index (χ2v) is 4.47. The Morgan fingerprint density at radius 2 is 1.81 bits per heavy atom. The van der Waals surface area contributed by atoms with E-state index in [2.05, 4.69) is 4.98 Å². The molecule has 0 fully saturated rings. The molecule has 2 heterocycles. The van der Waals surface area contributed by atoms with E-state index in [4.69, 9.17) is 9.47 Å². The molecule has 2 aromatic heterocycles. The Labute approximate surface area is 121 Å². The van der Waals surface area contributed by atoms with Crippen LogP contribution in [0.15, 0.2) is 53.3 Å². The molecule has 0 aliphatic heterocycles. The molecule has 5 nitrogen and oxygen atoms in total. The number of rotatable bonds is 3. The molecule has 0 amide bonds. The van der Waals surface area contributed by atoms with Crippen LogP contribution in [0.1, 0.15) is 0 Å². The van der Waals surface area contributed by atoms with Crippen molar-refractivity contribution in [2.45, 2.75) is 0 Å². The van der Waals surface area contributed by atoms with Gasteiger partial charge in [-0.1, -0.05) is 18.2 Å². The smallest absolute Gasteiger partial charge is 0.261 e. The number of hydrogen-bond acceptors (Lipinski definition) is 4. The van der Waals surface area contributed by atoms with E-state index in [1.165, 1.54) is 17.6 Å². The molecule has 106 valence electrons. The van der Waals surface area contributed by atoms with Gasteiger partial charge < -0.3 is 9.47 Å². The van der Waals surface area contributed by atoms with Crippen LogP contribution in [0.25, 0.3) is 16.9 Å². The maximum absolute atomic E-state index is 12.3. The van der Waals surface area contributed by atoms with Gasteiger partial charge in [-0.2, -0.15) is 0 Å². The number of benzene rings is 1. The molecule has 21 heavy (non-hydrogen) atoms. The van der Waals surface area contributed by atoms with Gasteiger partial charge in [-0.15, -0.1) is 0 Å². The summed E-state index contributed by atoms with van der Waals surface area (Å²) in [7, 11) is 3.13. The average Bonchev–Trinajstić information content (AvgIpc) is 2.54. The minimum atomic E-state index is -0.185. The van der Waals surface area contributed by atoms with E-state index < -0.39 is 0 Å². The molecular formula is C16H14N2O3. The lowest BCUT2D eigenvalue weighted by Crippen LogP contribution is -2.16. The summed E-state index contributed by atoms with van der Waals surface area (Å²) in [6.45, 7) is 0. The van der Waals surface area contributed by atoms with Crippen molar-refractivity contribution in [3.05, 3.63) is 58.9 Å². The Balaban J connectivity index is 2.23. The summed E-state index contributed by atoms with van der Waals surface area (Å²) in [5, 5.41) is 0. The third-order valence-electron chi connectivity index (χ3n) is 3.22. The lowest BCUT2D eigenvalue weighted by atomic mass is 10.1. The van der Waals surface area contributed by atoms with Gasteiger partial charge in [0.2, 0.25) is 5.88 Å². The van der Waals surface area contributed by atoms with Crippen LogP contribution in [-0.4, -0.2) is 23.6 Å². The molecule has 0 radical (unpaired) electrons. The van der Waals surface area contributed by atoms with Gasteiger partial charge in [-0.25, -0.2) is 9.38 Å². The highest BCUT2D eigenvalue weighted by Crippen LogP contribution is 2.22. The molecular weight excluding hydrogens is 268 g/mol. The Kier molecular flexibility index (Phi) is 3.31. The molecule has 0 saturated carbocycles. The minimum Gasteiger partial charge on any atom is -0.497 e. The third kappa shape index (κ3) is 2.33. The highest BCUT2D eigenvalue weighted by Gasteiger charge is 2.08. The van der Waals surface area contributed by atoms with E-state index in [1.807, 2.05) is 24.3 Å². The van der Waals surface area contributed by atoms with Crippen LogP contribution in [0, 0.1) is 0 Å². The van der Waals surface area contributed by atoms with Crippen LogP contribution in [0.3, 0.4) is 0 Å². The quantitative estimate of drug-likeness (QED) is 0.740. The van der Waals surface area contributed by atoms with Crippen molar-refractivity contribution in [1.82, 2.24) is 9.38 Å². The number of aromatic nitrogens is 2. The zero-order chi connectivity index (χ0) is 14.8. The van der Waals surface area contributed by atoms with Gasteiger partial charge in [-0.3, -0.25) is 4.79 Å². The van der Waals surface area contributed by atoms with Crippen molar-refractivity contribution in [2.75, 3.05) is 14.2 Å². The molecule has 0 atom stereocenters. The molecule has 5 heteroatoms. The molecule has 3 aromatic rings. The molecule has 0 bridgehead atoms. The van der Waals surface area contributed by atoms with Gasteiger partial charge in [0.1, 0.15) is 11.4 Å². The highest BCUT2D eigenvalue weighted by atomic mass is 16.5. The van der Waals surface area contributed by atoms with Crippen molar-refractivity contribution in [3.8, 4) is 22.9 Å². The summed E-state index contributed by atoms with van der Waals surface area (Å²) in [5.74, 6) is 1.18. The van der Waals surface area contributed by atoms with Crippen LogP contribution >= 0.6 is 0 Å². The lowest BCUT2D eigenvalue weighted by molar-refractivity contribution is 0.390. The molecule has 0 aliphatic rings. The summed E-state index contributed by atoms with van der Waals surface area (Å²) in [6, 6.07) is 14.2. The highest BCUT2D eigenvalue weighted by molar-refractivity contribution is 5.63. The summed E-state index contributed by atoms with van der Waals surface area (Å²) < 4.78 is 11.8. The van der Waals surface area contributed by atoms with E-state index in [1.54, 1.807) is 25.3 Å². The predicted molar refractivity (Wildman–Crippen MR) is 80.0 cm³/mol. The SMILES string of the molecule is COc1cccc(-c2cc(=O)n3c(OC)cccc3n2)c1. The fourth-order valence-electron chi connectivity index (χ4n) is 2.21. The Hall–Kier alpha value is -2.82. The summed E-state index contributed by atoms with van der Waals surface area (Å²) in [4.78, 5) is 16.8. The van der Waals surface area contributed by atoms with Crippen molar-refractivity contribution in [1.29, 1.82) is 0 Å². The standard InChI is InChI=1S/C16H14N2O3/c1-20-12-6-3-5-11(9-12)13-10-15(19)18-14(17-13)7-4-8-16(18)21-2/h3-10H,1-2H3. The van der Waals surface area contributed by atoms with Crippen LogP contribution in [0.5, 0.6) is 11.6 Å². The number of hydrogen-bond donors (Lipinski definition) is 0. The molecule has 3 rings (SSSR count). The number of pyridine rings is 1. The topological polar surface area (TPSA) is 52.8 Å². The molecule has 0 aliphatic carbocycles. The number of methoxy groups -OCH3 is 2. The van der Waals surface area contributed by atoms with E-state index in [9.17, 15) is 4.79 Å². The van der Waals surface area contributed by atoms with E-state index in [0.29, 0.717) is 17.2 Å². The Bertz CT molecular complexity index is 856. The van der Waals surface area contributed by atoms with Crippen LogP contribution in [0.2, 0.25) is 0 Å². The van der Waals surface area contributed by atoms with Crippen LogP contribution < -0.4 is 15.0 Å². The fourth-order valence-corrected chi connectivity index (χ4v) is 2.21. The van der Waals surface area contributed by atoms with Gasteiger partial charge in [0, 0.05) is 11.6 Å². The third-order valence-corrected chi connectivity index (χ3v) is 3.22. The number of nitrogens with zero attached hydrogens (tertiary/aromatic N) is 2.